The summed E-state index contributed by atoms with van der Waals surface area (Å²) in [5.41, 5.74) is 0. The molecule has 0 saturated carbocycles. The van der Waals surface area contributed by atoms with Crippen LogP contribution in [0.15, 0.2) is 0 Å². The lowest BCUT2D eigenvalue weighted by atomic mass is 9.97. The van der Waals surface area contributed by atoms with Gasteiger partial charge in [0.15, 0.2) is 0 Å². The van der Waals surface area contributed by atoms with Gasteiger partial charge < -0.3 is 10.1 Å². The second-order valence-electron chi connectivity index (χ2n) is 5.96. The summed E-state index contributed by atoms with van der Waals surface area (Å²) in [4.78, 5) is 0. The molecule has 0 spiro atoms. The number of unbranched alkanes of at least 4 members (excludes halogenated alkanes) is 6. The first-order valence-corrected chi connectivity index (χ1v) is 8.46. The summed E-state index contributed by atoms with van der Waals surface area (Å²) >= 11 is 0. The highest BCUT2D eigenvalue weighted by molar-refractivity contribution is 4.69. The maximum absolute atomic E-state index is 5.24. The molecular formula is C17H37NO. The zero-order chi connectivity index (χ0) is 14.3. The Kier molecular flexibility index (Phi) is 14.3. The summed E-state index contributed by atoms with van der Waals surface area (Å²) in [6, 6.07) is 0.686. The molecule has 0 aromatic carbocycles. The van der Waals surface area contributed by atoms with E-state index in [1.165, 1.54) is 57.8 Å². The number of hydrogen-bond donors (Lipinski definition) is 1. The number of nitrogens with one attached hydrogen (secondary N) is 1. The number of ether oxygens (including phenoxy) is 1. The van der Waals surface area contributed by atoms with Crippen molar-refractivity contribution < 1.29 is 4.74 Å². The molecule has 0 aliphatic carbocycles. The molecule has 0 aliphatic rings. The first-order valence-electron chi connectivity index (χ1n) is 8.46. The molecule has 0 amide bonds. The Balaban J connectivity index is 3.58. The fourth-order valence-corrected chi connectivity index (χ4v) is 2.78. The topological polar surface area (TPSA) is 21.3 Å². The van der Waals surface area contributed by atoms with Crippen molar-refractivity contribution in [1.82, 2.24) is 5.32 Å². The van der Waals surface area contributed by atoms with Gasteiger partial charge in [0.1, 0.15) is 0 Å². The molecule has 0 heterocycles. The van der Waals surface area contributed by atoms with E-state index in [9.17, 15) is 0 Å². The Labute approximate surface area is 121 Å². The smallest absolute Gasteiger partial charge is 0.0488 e. The van der Waals surface area contributed by atoms with E-state index in [0.29, 0.717) is 12.0 Å². The highest BCUT2D eigenvalue weighted by Gasteiger charge is 2.11. The minimum absolute atomic E-state index is 0.665. The van der Waals surface area contributed by atoms with Gasteiger partial charge in [-0.05, 0) is 25.3 Å². The molecule has 0 aromatic rings. The van der Waals surface area contributed by atoms with Gasteiger partial charge in [-0.1, -0.05) is 65.7 Å². The van der Waals surface area contributed by atoms with E-state index in [4.69, 9.17) is 4.74 Å². The SMILES string of the molecule is CCCCCCCCCC(CC(C)COC)NCC. The zero-order valence-electron chi connectivity index (χ0n) is 13.8. The number of hydrogen-bond acceptors (Lipinski definition) is 2. The molecule has 0 rings (SSSR count). The Morgan fingerprint density at radius 1 is 0.947 bits per heavy atom. The summed E-state index contributed by atoms with van der Waals surface area (Å²) < 4.78 is 5.24. The third kappa shape index (κ3) is 12.7. The summed E-state index contributed by atoms with van der Waals surface area (Å²) in [6.45, 7) is 8.75. The molecule has 0 fully saturated rings. The highest BCUT2D eigenvalue weighted by Crippen LogP contribution is 2.14. The average Bonchev–Trinajstić information content (AvgIpc) is 2.38. The van der Waals surface area contributed by atoms with Crippen molar-refractivity contribution in [2.45, 2.75) is 84.6 Å². The second-order valence-corrected chi connectivity index (χ2v) is 5.96. The van der Waals surface area contributed by atoms with Crippen LogP contribution in [0.5, 0.6) is 0 Å². The minimum Gasteiger partial charge on any atom is -0.384 e. The molecule has 0 aliphatic heterocycles. The third-order valence-corrected chi connectivity index (χ3v) is 3.79. The van der Waals surface area contributed by atoms with Gasteiger partial charge in [-0.2, -0.15) is 0 Å². The Morgan fingerprint density at radius 2 is 1.58 bits per heavy atom. The number of rotatable bonds is 14. The van der Waals surface area contributed by atoms with E-state index in [1.807, 2.05) is 0 Å². The van der Waals surface area contributed by atoms with E-state index in [1.54, 1.807) is 7.11 Å². The van der Waals surface area contributed by atoms with Crippen molar-refractivity contribution >= 4 is 0 Å². The van der Waals surface area contributed by atoms with E-state index >= 15 is 0 Å². The van der Waals surface area contributed by atoms with Crippen molar-refractivity contribution in [1.29, 1.82) is 0 Å². The molecule has 0 radical (unpaired) electrons. The van der Waals surface area contributed by atoms with E-state index < -0.39 is 0 Å². The Hall–Kier alpha value is -0.0800. The van der Waals surface area contributed by atoms with Crippen LogP contribution in [0.1, 0.15) is 78.6 Å². The maximum Gasteiger partial charge on any atom is 0.0488 e. The van der Waals surface area contributed by atoms with Gasteiger partial charge in [-0.3, -0.25) is 0 Å². The van der Waals surface area contributed by atoms with Gasteiger partial charge in [0.25, 0.3) is 0 Å². The van der Waals surface area contributed by atoms with Crippen LogP contribution < -0.4 is 5.32 Å². The van der Waals surface area contributed by atoms with Crippen LogP contribution in [-0.2, 0) is 4.74 Å². The lowest BCUT2D eigenvalue weighted by Gasteiger charge is -2.21. The lowest BCUT2D eigenvalue weighted by Crippen LogP contribution is -2.31. The van der Waals surface area contributed by atoms with Crippen LogP contribution in [0.2, 0.25) is 0 Å². The summed E-state index contributed by atoms with van der Waals surface area (Å²) in [7, 11) is 1.80. The predicted molar refractivity (Wildman–Crippen MR) is 85.7 cm³/mol. The van der Waals surface area contributed by atoms with Crippen LogP contribution in [0, 0.1) is 5.92 Å². The highest BCUT2D eigenvalue weighted by atomic mass is 16.5. The monoisotopic (exact) mass is 271 g/mol. The molecule has 2 atom stereocenters. The molecule has 1 N–H and O–H groups in total. The molecule has 2 unspecified atom stereocenters. The van der Waals surface area contributed by atoms with Gasteiger partial charge in [0, 0.05) is 19.8 Å². The largest absolute Gasteiger partial charge is 0.384 e. The number of methoxy groups -OCH3 is 1. The minimum atomic E-state index is 0.665. The van der Waals surface area contributed by atoms with Crippen molar-refractivity contribution in [3.63, 3.8) is 0 Å². The molecular weight excluding hydrogens is 234 g/mol. The summed E-state index contributed by atoms with van der Waals surface area (Å²) in [5, 5.41) is 3.63. The molecule has 19 heavy (non-hydrogen) atoms. The maximum atomic E-state index is 5.24. The molecule has 0 aromatic heterocycles. The van der Waals surface area contributed by atoms with Gasteiger partial charge >= 0.3 is 0 Å². The van der Waals surface area contributed by atoms with Crippen molar-refractivity contribution in [3.05, 3.63) is 0 Å². The second kappa shape index (κ2) is 14.3. The molecule has 116 valence electrons. The van der Waals surface area contributed by atoms with Crippen molar-refractivity contribution in [2.75, 3.05) is 20.3 Å². The fourth-order valence-electron chi connectivity index (χ4n) is 2.78. The summed E-state index contributed by atoms with van der Waals surface area (Å²) in [5.74, 6) is 0.665. The Bertz CT molecular complexity index is 173. The van der Waals surface area contributed by atoms with Crippen LogP contribution in [0.4, 0.5) is 0 Å². The molecule has 2 heteroatoms. The molecule has 0 bridgehead atoms. The van der Waals surface area contributed by atoms with Gasteiger partial charge in [-0.15, -0.1) is 0 Å². The first kappa shape index (κ1) is 18.9. The van der Waals surface area contributed by atoms with Crippen LogP contribution >= 0.6 is 0 Å². The van der Waals surface area contributed by atoms with Crippen LogP contribution in [0.3, 0.4) is 0 Å². The van der Waals surface area contributed by atoms with Crippen molar-refractivity contribution in [3.8, 4) is 0 Å². The predicted octanol–water partition coefficient (Wildman–Crippen LogP) is 4.78. The molecule has 0 saturated heterocycles. The quantitative estimate of drug-likeness (QED) is 0.459. The third-order valence-electron chi connectivity index (χ3n) is 3.79. The Morgan fingerprint density at radius 3 is 2.16 bits per heavy atom. The van der Waals surface area contributed by atoms with Gasteiger partial charge in [0.05, 0.1) is 0 Å². The standard InChI is InChI=1S/C17H37NO/c1-5-7-8-9-10-11-12-13-17(18-6-2)14-16(3)15-19-4/h16-18H,5-15H2,1-4H3. The average molecular weight is 271 g/mol. The first-order chi connectivity index (χ1) is 9.24. The van der Waals surface area contributed by atoms with E-state index in [0.717, 1.165) is 13.2 Å². The van der Waals surface area contributed by atoms with Crippen molar-refractivity contribution in [2.24, 2.45) is 5.92 Å². The normalized spacial score (nSPS) is 14.5. The zero-order valence-corrected chi connectivity index (χ0v) is 13.8. The van der Waals surface area contributed by atoms with Crippen LogP contribution in [0.25, 0.3) is 0 Å². The summed E-state index contributed by atoms with van der Waals surface area (Å²) in [6.07, 6.45) is 12.4. The van der Waals surface area contributed by atoms with Crippen LogP contribution in [-0.4, -0.2) is 26.3 Å². The fraction of sp³-hybridized carbons (Fsp3) is 1.00. The van der Waals surface area contributed by atoms with Gasteiger partial charge in [0.2, 0.25) is 0 Å². The van der Waals surface area contributed by atoms with Gasteiger partial charge in [-0.25, -0.2) is 0 Å². The van der Waals surface area contributed by atoms with E-state index in [2.05, 4.69) is 26.1 Å². The molecule has 2 nitrogen and oxygen atoms in total. The van der Waals surface area contributed by atoms with E-state index in [-0.39, 0.29) is 0 Å². The lowest BCUT2D eigenvalue weighted by molar-refractivity contribution is 0.148.